The van der Waals surface area contributed by atoms with Crippen molar-refractivity contribution in [3.8, 4) is 11.3 Å². The van der Waals surface area contributed by atoms with E-state index in [0.717, 1.165) is 21.4 Å². The first-order valence-corrected chi connectivity index (χ1v) is 11.9. The number of pyridine rings is 1. The van der Waals surface area contributed by atoms with Crippen LogP contribution in [0.2, 0.25) is 0 Å². The molecule has 2 aromatic heterocycles. The number of nitrogens with one attached hydrogen (secondary N) is 2. The normalized spacial score (nSPS) is 12.3. The Balaban J connectivity index is 1.72. The van der Waals surface area contributed by atoms with Gasteiger partial charge >= 0.3 is 0 Å². The maximum absolute atomic E-state index is 12.8. The van der Waals surface area contributed by atoms with Gasteiger partial charge in [0.2, 0.25) is 16.0 Å². The fourth-order valence-corrected chi connectivity index (χ4v) is 4.85. The highest BCUT2D eigenvalue weighted by Gasteiger charge is 2.22. The molecule has 0 saturated carbocycles. The van der Waals surface area contributed by atoms with Gasteiger partial charge in [-0.05, 0) is 69.3 Å². The van der Waals surface area contributed by atoms with Gasteiger partial charge in [0.25, 0.3) is 0 Å². The van der Waals surface area contributed by atoms with Crippen molar-refractivity contribution in [2.45, 2.75) is 31.2 Å². The van der Waals surface area contributed by atoms with Crippen LogP contribution in [-0.2, 0) is 10.0 Å². The molecule has 0 aliphatic heterocycles. The Morgan fingerprint density at radius 2 is 1.68 bits per heavy atom. The minimum atomic E-state index is -3.65. The van der Waals surface area contributed by atoms with Crippen LogP contribution in [-0.4, -0.2) is 28.6 Å². The third-order valence-electron chi connectivity index (χ3n) is 4.34. The molecular weight excluding hydrogens is 478 g/mol. The fraction of sp³-hybridized carbons (Fsp3) is 0.182. The molecule has 0 unspecified atom stereocenters. The quantitative estimate of drug-likeness (QED) is 0.404. The van der Waals surface area contributed by atoms with E-state index < -0.39 is 15.6 Å². The van der Waals surface area contributed by atoms with Gasteiger partial charge in [0, 0.05) is 21.3 Å². The summed E-state index contributed by atoms with van der Waals surface area (Å²) in [5.41, 5.74) is 2.40. The van der Waals surface area contributed by atoms with Crippen LogP contribution in [0.3, 0.4) is 0 Å². The lowest BCUT2D eigenvalue weighted by Crippen LogP contribution is -2.40. The summed E-state index contributed by atoms with van der Waals surface area (Å²) in [6.07, 6.45) is 0. The second kappa shape index (κ2) is 8.07. The smallest absolute Gasteiger partial charge is 0.247 e. The zero-order valence-electron chi connectivity index (χ0n) is 17.3. The molecule has 0 saturated heterocycles. The monoisotopic (exact) mass is 499 g/mol. The van der Waals surface area contributed by atoms with Crippen molar-refractivity contribution in [3.05, 3.63) is 71.2 Å². The van der Waals surface area contributed by atoms with Crippen LogP contribution in [0.25, 0.3) is 16.9 Å². The summed E-state index contributed by atoms with van der Waals surface area (Å²) in [4.78, 5) is 4.73. The molecule has 4 rings (SSSR count). The van der Waals surface area contributed by atoms with E-state index in [9.17, 15) is 8.42 Å². The first-order valence-electron chi connectivity index (χ1n) is 9.64. The van der Waals surface area contributed by atoms with Gasteiger partial charge in [-0.2, -0.15) is 4.98 Å². The van der Waals surface area contributed by atoms with E-state index in [1.165, 1.54) is 0 Å². The lowest BCUT2D eigenvalue weighted by molar-refractivity contribution is 0.491. The molecule has 0 amide bonds. The van der Waals surface area contributed by atoms with Crippen molar-refractivity contribution in [1.82, 2.24) is 19.3 Å². The standard InChI is InChI=1S/C22H22BrN5O2S/c1-22(2,3)27-31(29,30)18-7-4-6-15(14-18)19-8-5-9-20-25-21(26-28(19)20)24-17-12-10-16(23)11-13-17/h4-14,27H,1-3H3,(H,24,26). The Morgan fingerprint density at radius 3 is 2.39 bits per heavy atom. The van der Waals surface area contributed by atoms with Gasteiger partial charge in [0.1, 0.15) is 0 Å². The number of halogens is 1. The van der Waals surface area contributed by atoms with E-state index in [4.69, 9.17) is 0 Å². The minimum Gasteiger partial charge on any atom is -0.323 e. The van der Waals surface area contributed by atoms with E-state index in [1.807, 2.05) is 69.3 Å². The number of hydrogen-bond acceptors (Lipinski definition) is 5. The van der Waals surface area contributed by atoms with E-state index in [0.29, 0.717) is 11.6 Å². The van der Waals surface area contributed by atoms with Gasteiger partial charge < -0.3 is 5.32 Å². The van der Waals surface area contributed by atoms with Gasteiger partial charge in [-0.15, -0.1) is 5.10 Å². The summed E-state index contributed by atoms with van der Waals surface area (Å²) in [5.74, 6) is 0.452. The Kier molecular flexibility index (Phi) is 5.59. The van der Waals surface area contributed by atoms with Crippen LogP contribution < -0.4 is 10.0 Å². The van der Waals surface area contributed by atoms with Crippen molar-refractivity contribution in [2.75, 3.05) is 5.32 Å². The van der Waals surface area contributed by atoms with Crippen LogP contribution >= 0.6 is 15.9 Å². The van der Waals surface area contributed by atoms with Crippen LogP contribution in [0.1, 0.15) is 20.8 Å². The van der Waals surface area contributed by atoms with E-state index >= 15 is 0 Å². The molecule has 0 atom stereocenters. The Hall–Kier alpha value is -2.75. The first-order chi connectivity index (χ1) is 14.6. The number of hydrogen-bond donors (Lipinski definition) is 2. The summed E-state index contributed by atoms with van der Waals surface area (Å²) in [6.45, 7) is 5.43. The molecule has 0 aliphatic carbocycles. The molecule has 160 valence electrons. The number of anilines is 2. The van der Waals surface area contributed by atoms with Gasteiger partial charge in [-0.3, -0.25) is 0 Å². The molecule has 0 radical (unpaired) electrons. The largest absolute Gasteiger partial charge is 0.323 e. The summed E-state index contributed by atoms with van der Waals surface area (Å²) in [5, 5.41) is 7.77. The van der Waals surface area contributed by atoms with Crippen molar-refractivity contribution in [3.63, 3.8) is 0 Å². The van der Waals surface area contributed by atoms with Gasteiger partial charge in [0.15, 0.2) is 5.65 Å². The van der Waals surface area contributed by atoms with Crippen molar-refractivity contribution in [2.24, 2.45) is 0 Å². The Bertz CT molecular complexity index is 1340. The molecule has 0 aliphatic rings. The third-order valence-corrected chi connectivity index (χ3v) is 6.63. The molecule has 4 aromatic rings. The molecule has 0 bridgehead atoms. The van der Waals surface area contributed by atoms with Gasteiger partial charge in [0.05, 0.1) is 10.6 Å². The second-order valence-corrected chi connectivity index (χ2v) is 10.7. The lowest BCUT2D eigenvalue weighted by Gasteiger charge is -2.20. The summed E-state index contributed by atoms with van der Waals surface area (Å²) >= 11 is 3.42. The topological polar surface area (TPSA) is 88.4 Å². The zero-order valence-corrected chi connectivity index (χ0v) is 19.7. The molecule has 2 heterocycles. The van der Waals surface area contributed by atoms with Crippen LogP contribution in [0, 0.1) is 0 Å². The van der Waals surface area contributed by atoms with Crippen LogP contribution in [0.15, 0.2) is 76.1 Å². The first kappa shape index (κ1) is 21.5. The molecule has 7 nitrogen and oxygen atoms in total. The van der Waals surface area contributed by atoms with Gasteiger partial charge in [-0.1, -0.05) is 34.1 Å². The molecule has 0 fully saturated rings. The SMILES string of the molecule is CC(C)(C)NS(=O)(=O)c1cccc(-c2cccc3nc(Nc4ccc(Br)cc4)nn23)c1. The Labute approximate surface area is 189 Å². The van der Waals surface area contributed by atoms with E-state index in [2.05, 4.69) is 36.1 Å². The van der Waals surface area contributed by atoms with Crippen molar-refractivity contribution >= 4 is 43.2 Å². The molecule has 2 N–H and O–H groups in total. The molecular formula is C22H22BrN5O2S. The predicted octanol–water partition coefficient (Wildman–Crippen LogP) is 4.98. The minimum absolute atomic E-state index is 0.199. The van der Waals surface area contributed by atoms with E-state index in [-0.39, 0.29) is 4.90 Å². The number of benzene rings is 2. The maximum atomic E-state index is 12.8. The van der Waals surface area contributed by atoms with Gasteiger partial charge in [-0.25, -0.2) is 17.7 Å². The summed E-state index contributed by atoms with van der Waals surface area (Å²) in [7, 11) is -3.65. The number of fused-ring (bicyclic) bond motifs is 1. The lowest BCUT2D eigenvalue weighted by atomic mass is 10.1. The molecule has 9 heteroatoms. The number of rotatable bonds is 5. The van der Waals surface area contributed by atoms with Crippen molar-refractivity contribution in [1.29, 1.82) is 0 Å². The highest BCUT2D eigenvalue weighted by Crippen LogP contribution is 2.25. The summed E-state index contributed by atoms with van der Waals surface area (Å²) in [6, 6.07) is 20.1. The molecule has 0 spiro atoms. The average Bonchev–Trinajstić information content (AvgIpc) is 3.10. The molecule has 2 aromatic carbocycles. The van der Waals surface area contributed by atoms with Crippen molar-refractivity contribution < 1.29 is 8.42 Å². The third kappa shape index (κ3) is 4.95. The number of nitrogens with zero attached hydrogens (tertiary/aromatic N) is 3. The average molecular weight is 500 g/mol. The Morgan fingerprint density at radius 1 is 0.968 bits per heavy atom. The summed E-state index contributed by atoms with van der Waals surface area (Å²) < 4.78 is 30.9. The highest BCUT2D eigenvalue weighted by molar-refractivity contribution is 9.10. The highest BCUT2D eigenvalue weighted by atomic mass is 79.9. The predicted molar refractivity (Wildman–Crippen MR) is 126 cm³/mol. The second-order valence-electron chi connectivity index (χ2n) is 8.13. The number of aromatic nitrogens is 3. The van der Waals surface area contributed by atoms with Crippen LogP contribution in [0.4, 0.5) is 11.6 Å². The number of sulfonamides is 1. The zero-order chi connectivity index (χ0) is 22.2. The van der Waals surface area contributed by atoms with E-state index in [1.54, 1.807) is 22.7 Å². The van der Waals surface area contributed by atoms with Crippen LogP contribution in [0.5, 0.6) is 0 Å². The maximum Gasteiger partial charge on any atom is 0.247 e. The molecule has 31 heavy (non-hydrogen) atoms. The fourth-order valence-electron chi connectivity index (χ4n) is 3.12.